The van der Waals surface area contributed by atoms with Gasteiger partial charge in [0.2, 0.25) is 0 Å². The third kappa shape index (κ3) is 4.18. The number of carbonyl (C=O) groups excluding carboxylic acids is 1. The van der Waals surface area contributed by atoms with E-state index in [2.05, 4.69) is 10.1 Å². The van der Waals surface area contributed by atoms with E-state index < -0.39 is 5.41 Å². The number of aryl methyl sites for hydroxylation is 1. The second kappa shape index (κ2) is 6.62. The number of hydrogen-bond donors (Lipinski definition) is 1. The molecule has 0 saturated heterocycles. The van der Waals surface area contributed by atoms with Crippen molar-refractivity contribution < 1.29 is 4.79 Å². The molecule has 0 radical (unpaired) electrons. The molecule has 7 heteroatoms. The van der Waals surface area contributed by atoms with Gasteiger partial charge >= 0.3 is 0 Å². The highest BCUT2D eigenvalue weighted by molar-refractivity contribution is 7.07. The fourth-order valence-electron chi connectivity index (χ4n) is 1.67. The molecule has 0 atom stereocenters. The second-order valence-corrected chi connectivity index (χ2v) is 7.38. The number of rotatable bonds is 4. The molecule has 22 heavy (non-hydrogen) atoms. The smallest absolute Gasteiger partial charge is 0.266 e. The molecule has 0 fully saturated rings. The van der Waals surface area contributed by atoms with Gasteiger partial charge in [-0.15, -0.1) is 22.9 Å². The van der Waals surface area contributed by atoms with Crippen LogP contribution in [0.4, 0.5) is 0 Å². The summed E-state index contributed by atoms with van der Waals surface area (Å²) in [5.41, 5.74) is 0.155. The first-order chi connectivity index (χ1) is 10.3. The summed E-state index contributed by atoms with van der Waals surface area (Å²) in [7, 11) is 0. The largest absolute Gasteiger partial charge is 0.313 e. The average Bonchev–Trinajstić information content (AvgIpc) is 2.97. The Morgan fingerprint density at radius 2 is 2.23 bits per heavy atom. The van der Waals surface area contributed by atoms with Crippen molar-refractivity contribution >= 4 is 40.9 Å². The van der Waals surface area contributed by atoms with Crippen LogP contribution in [-0.2, 0) is 11.3 Å². The number of aromatic amines is 1. The Hall–Kier alpha value is -1.66. The average molecular weight is 340 g/mol. The van der Waals surface area contributed by atoms with Crippen molar-refractivity contribution in [1.82, 2.24) is 14.8 Å². The van der Waals surface area contributed by atoms with Gasteiger partial charge in [-0.25, -0.2) is 0 Å². The van der Waals surface area contributed by atoms with Gasteiger partial charge in [0.25, 0.3) is 5.56 Å². The van der Waals surface area contributed by atoms with Crippen molar-refractivity contribution in [2.24, 2.45) is 5.41 Å². The highest BCUT2D eigenvalue weighted by atomic mass is 35.5. The van der Waals surface area contributed by atoms with Crippen molar-refractivity contribution in [1.29, 1.82) is 0 Å². The minimum Gasteiger partial charge on any atom is -0.313 e. The van der Waals surface area contributed by atoms with E-state index in [0.29, 0.717) is 21.6 Å². The topological polar surface area (TPSA) is 67.8 Å². The van der Waals surface area contributed by atoms with Crippen molar-refractivity contribution in [2.45, 2.75) is 27.3 Å². The summed E-state index contributed by atoms with van der Waals surface area (Å²) in [4.78, 5) is 26.6. The van der Waals surface area contributed by atoms with E-state index in [0.717, 1.165) is 5.56 Å². The molecule has 2 heterocycles. The van der Waals surface area contributed by atoms with E-state index in [4.69, 9.17) is 11.6 Å². The molecular weight excluding hydrogens is 322 g/mol. The van der Waals surface area contributed by atoms with Gasteiger partial charge in [0.1, 0.15) is 0 Å². The maximum Gasteiger partial charge on any atom is 0.266 e. The summed E-state index contributed by atoms with van der Waals surface area (Å²) in [6, 6.07) is 0. The van der Waals surface area contributed by atoms with Crippen LogP contribution in [0.2, 0.25) is 0 Å². The summed E-state index contributed by atoms with van der Waals surface area (Å²) in [5.74, 6) is 0.459. The summed E-state index contributed by atoms with van der Waals surface area (Å²) >= 11 is 6.92. The van der Waals surface area contributed by atoms with Gasteiger partial charge in [0.05, 0.1) is 21.9 Å². The number of aromatic nitrogens is 3. The SMILES string of the molecule is CC(C)(C)C(=O)/C=c1/[nH]c(=O)/c(=C/c2cnn(CCCl)c2)s1. The summed E-state index contributed by atoms with van der Waals surface area (Å²) in [6.07, 6.45) is 6.74. The number of nitrogens with zero attached hydrogens (tertiary/aromatic N) is 2. The molecule has 2 aromatic heterocycles. The van der Waals surface area contributed by atoms with Gasteiger partial charge in [-0.1, -0.05) is 20.8 Å². The molecule has 0 saturated carbocycles. The van der Waals surface area contributed by atoms with Gasteiger partial charge in [-0.3, -0.25) is 14.3 Å². The van der Waals surface area contributed by atoms with Crippen LogP contribution in [0.15, 0.2) is 17.2 Å². The standard InChI is InChI=1S/C15H18ClN3O2S/c1-15(2,3)12(20)7-13-18-14(21)11(22-13)6-10-8-17-19(9-10)5-4-16/h6-9H,4-5H2,1-3H3,(H,18,21)/b11-6-,13-7-. The zero-order valence-electron chi connectivity index (χ0n) is 12.7. The molecule has 0 spiro atoms. The Labute approximate surface area is 136 Å². The van der Waals surface area contributed by atoms with E-state index in [1.54, 1.807) is 17.0 Å². The fraction of sp³-hybridized carbons (Fsp3) is 0.400. The first-order valence-electron chi connectivity index (χ1n) is 6.85. The zero-order valence-corrected chi connectivity index (χ0v) is 14.3. The van der Waals surface area contributed by atoms with Gasteiger partial charge in [-0.05, 0) is 6.08 Å². The first-order valence-corrected chi connectivity index (χ1v) is 8.20. The predicted molar refractivity (Wildman–Crippen MR) is 89.6 cm³/mol. The van der Waals surface area contributed by atoms with Crippen LogP contribution in [0.25, 0.3) is 12.2 Å². The maximum atomic E-state index is 12.0. The normalized spacial score (nSPS) is 13.8. The number of Topliss-reactive ketones (excluding diaryl/α,β-unsaturated/α-hetero) is 1. The van der Waals surface area contributed by atoms with E-state index in [1.165, 1.54) is 17.4 Å². The minimum absolute atomic E-state index is 0.0218. The fourth-order valence-corrected chi connectivity index (χ4v) is 2.73. The monoisotopic (exact) mass is 339 g/mol. The molecular formula is C15H18ClN3O2S. The van der Waals surface area contributed by atoms with Gasteiger partial charge in [-0.2, -0.15) is 5.10 Å². The van der Waals surface area contributed by atoms with E-state index in [-0.39, 0.29) is 11.3 Å². The summed E-state index contributed by atoms with van der Waals surface area (Å²) < 4.78 is 2.82. The lowest BCUT2D eigenvalue weighted by Crippen LogP contribution is -2.22. The van der Waals surface area contributed by atoms with E-state index in [9.17, 15) is 9.59 Å². The zero-order chi connectivity index (χ0) is 16.3. The lowest BCUT2D eigenvalue weighted by Gasteiger charge is -2.12. The number of alkyl halides is 1. The van der Waals surface area contributed by atoms with Crippen molar-refractivity contribution in [3.8, 4) is 0 Å². The van der Waals surface area contributed by atoms with Crippen LogP contribution >= 0.6 is 22.9 Å². The highest BCUT2D eigenvalue weighted by Gasteiger charge is 2.18. The Morgan fingerprint density at radius 3 is 2.86 bits per heavy atom. The number of thiazole rings is 1. The highest BCUT2D eigenvalue weighted by Crippen LogP contribution is 2.14. The Kier molecular flexibility index (Phi) is 5.03. The number of H-pyrrole nitrogens is 1. The minimum atomic E-state index is -0.465. The van der Waals surface area contributed by atoms with E-state index >= 15 is 0 Å². The first kappa shape index (κ1) is 16.7. The van der Waals surface area contributed by atoms with Gasteiger partial charge in [0, 0.05) is 29.1 Å². The molecule has 0 bridgehead atoms. The maximum absolute atomic E-state index is 12.0. The van der Waals surface area contributed by atoms with Gasteiger partial charge in [0.15, 0.2) is 5.78 Å². The van der Waals surface area contributed by atoms with Crippen LogP contribution < -0.4 is 14.8 Å². The molecule has 0 unspecified atom stereocenters. The quantitative estimate of drug-likeness (QED) is 0.848. The van der Waals surface area contributed by atoms with Crippen molar-refractivity contribution in [3.63, 3.8) is 0 Å². The molecule has 0 aliphatic carbocycles. The number of carbonyl (C=O) groups is 1. The van der Waals surface area contributed by atoms with Crippen molar-refractivity contribution in [3.05, 3.63) is 37.5 Å². The predicted octanol–water partition coefficient (Wildman–Crippen LogP) is 1.10. The second-order valence-electron chi connectivity index (χ2n) is 5.91. The van der Waals surface area contributed by atoms with E-state index in [1.807, 2.05) is 27.0 Å². The van der Waals surface area contributed by atoms with Crippen molar-refractivity contribution in [2.75, 3.05) is 5.88 Å². The molecule has 0 aromatic carbocycles. The van der Waals surface area contributed by atoms with Crippen LogP contribution in [-0.4, -0.2) is 26.4 Å². The molecule has 118 valence electrons. The third-order valence-corrected chi connectivity index (χ3v) is 4.08. The Morgan fingerprint density at radius 1 is 1.50 bits per heavy atom. The molecule has 5 nitrogen and oxygen atoms in total. The molecule has 2 rings (SSSR count). The van der Waals surface area contributed by atoms with Crippen LogP contribution in [0.5, 0.6) is 0 Å². The van der Waals surface area contributed by atoms with Gasteiger partial charge < -0.3 is 4.98 Å². The number of nitrogens with one attached hydrogen (secondary N) is 1. The van der Waals surface area contributed by atoms with Crippen LogP contribution in [0, 0.1) is 5.41 Å². The van der Waals surface area contributed by atoms with Crippen LogP contribution in [0.1, 0.15) is 26.3 Å². The lowest BCUT2D eigenvalue weighted by molar-refractivity contribution is -0.119. The lowest BCUT2D eigenvalue weighted by atomic mass is 9.91. The molecule has 0 aliphatic rings. The number of hydrogen-bond acceptors (Lipinski definition) is 4. The summed E-state index contributed by atoms with van der Waals surface area (Å²) in [5, 5.41) is 4.15. The third-order valence-electron chi connectivity index (χ3n) is 2.95. The molecule has 1 N–H and O–H groups in total. The van der Waals surface area contributed by atoms with Crippen LogP contribution in [0.3, 0.4) is 0 Å². The molecule has 0 aliphatic heterocycles. The number of ketones is 1. The molecule has 0 amide bonds. The summed E-state index contributed by atoms with van der Waals surface area (Å²) in [6.45, 7) is 6.15. The molecule has 2 aromatic rings. The number of halogens is 1. The Balaban J connectivity index is 2.37. The Bertz CT molecular complexity index is 839.